The Hall–Kier alpha value is -6.22. The van der Waals surface area contributed by atoms with Crippen LogP contribution in [0.3, 0.4) is 0 Å². The molecule has 0 aliphatic carbocycles. The maximum atomic E-state index is 13.4. The van der Waals surface area contributed by atoms with Crippen LogP contribution in [0, 0.1) is 13.8 Å². The van der Waals surface area contributed by atoms with E-state index < -0.39 is 11.8 Å². The van der Waals surface area contributed by atoms with Crippen molar-refractivity contribution in [1.82, 2.24) is 0 Å². The predicted octanol–water partition coefficient (Wildman–Crippen LogP) is 11.1. The molecule has 8 nitrogen and oxygen atoms in total. The highest BCUT2D eigenvalue weighted by Gasteiger charge is 2.39. The van der Waals surface area contributed by atoms with E-state index in [0.717, 1.165) is 27.2 Å². The van der Waals surface area contributed by atoms with E-state index in [4.69, 9.17) is 32.7 Å². The number of benzene rings is 6. The van der Waals surface area contributed by atoms with Crippen molar-refractivity contribution in [3.63, 3.8) is 0 Å². The average molecular weight is 768 g/mol. The van der Waals surface area contributed by atoms with Crippen LogP contribution >= 0.6 is 23.2 Å². The third-order valence-corrected chi connectivity index (χ3v) is 10.6. The number of anilines is 2. The monoisotopic (exact) mass is 766 g/mol. The van der Waals surface area contributed by atoms with Crippen LogP contribution in [0.15, 0.2) is 121 Å². The third-order valence-electron chi connectivity index (χ3n) is 10.1. The van der Waals surface area contributed by atoms with E-state index in [0.29, 0.717) is 44.8 Å². The molecule has 8 rings (SSSR count). The number of carbonyl (C=O) groups is 4. The number of hydrogen-bond donors (Lipinski definition) is 0. The average Bonchev–Trinajstić information content (AvgIpc) is 3.55. The molecule has 0 bridgehead atoms. The topological polar surface area (TPSA) is 93.2 Å². The van der Waals surface area contributed by atoms with E-state index in [-0.39, 0.29) is 39.1 Å². The van der Waals surface area contributed by atoms with Gasteiger partial charge in [-0.2, -0.15) is 0 Å². The molecule has 6 aromatic carbocycles. The van der Waals surface area contributed by atoms with E-state index in [9.17, 15) is 19.2 Å². The number of halogens is 2. The summed E-state index contributed by atoms with van der Waals surface area (Å²) in [7, 11) is 0. The van der Waals surface area contributed by atoms with Crippen molar-refractivity contribution in [2.45, 2.75) is 33.1 Å². The van der Waals surface area contributed by atoms with Gasteiger partial charge in [-0.05, 0) is 115 Å². The fourth-order valence-electron chi connectivity index (χ4n) is 7.04. The Labute approximate surface area is 327 Å². The van der Waals surface area contributed by atoms with Crippen molar-refractivity contribution in [2.75, 3.05) is 9.80 Å². The van der Waals surface area contributed by atoms with Gasteiger partial charge in [0.15, 0.2) is 0 Å². The quantitative estimate of drug-likeness (QED) is 0.143. The molecule has 0 saturated carbocycles. The lowest BCUT2D eigenvalue weighted by Crippen LogP contribution is -2.30. The predicted molar refractivity (Wildman–Crippen MR) is 213 cm³/mol. The highest BCUT2D eigenvalue weighted by atomic mass is 35.5. The van der Waals surface area contributed by atoms with Crippen molar-refractivity contribution < 1.29 is 28.7 Å². The number of ether oxygens (including phenoxy) is 2. The summed E-state index contributed by atoms with van der Waals surface area (Å²) in [6, 6.07) is 35.4. The molecule has 0 saturated heterocycles. The van der Waals surface area contributed by atoms with E-state index >= 15 is 0 Å². The molecule has 0 spiro atoms. The molecule has 10 heteroatoms. The molecule has 0 unspecified atom stereocenters. The van der Waals surface area contributed by atoms with Crippen LogP contribution in [0.4, 0.5) is 11.4 Å². The van der Waals surface area contributed by atoms with Crippen LogP contribution in [0.2, 0.25) is 10.0 Å². The summed E-state index contributed by atoms with van der Waals surface area (Å²) < 4.78 is 12.2. The SMILES string of the molecule is Cc1ccc(N2C(=O)c3ccc(Oc4ccc(C(C)(C)c5ccc(Oc6ccc7c(c6)C(=O)N(c6ccc(Cl)cc6Cl)C7=O)cc5)cc4)cc3C2=O)c(C)c1. The second-order valence-electron chi connectivity index (χ2n) is 14.1. The van der Waals surface area contributed by atoms with Crippen LogP contribution in [0.5, 0.6) is 23.0 Å². The number of nitrogens with zero attached hydrogens (tertiary/aromatic N) is 2. The Kier molecular flexibility index (Phi) is 8.83. The lowest BCUT2D eigenvalue weighted by Gasteiger charge is -2.26. The van der Waals surface area contributed by atoms with Gasteiger partial charge in [-0.25, -0.2) is 9.80 Å². The zero-order chi connectivity index (χ0) is 38.8. The molecule has 0 atom stereocenters. The summed E-state index contributed by atoms with van der Waals surface area (Å²) in [5, 5.41) is 0.591. The van der Waals surface area contributed by atoms with E-state index in [1.54, 1.807) is 54.6 Å². The third kappa shape index (κ3) is 6.33. The largest absolute Gasteiger partial charge is 0.457 e. The lowest BCUT2D eigenvalue weighted by molar-refractivity contribution is 0.0910. The first-order valence-electron chi connectivity index (χ1n) is 17.4. The Morgan fingerprint density at radius 3 is 1.38 bits per heavy atom. The van der Waals surface area contributed by atoms with Gasteiger partial charge in [-0.1, -0.05) is 79.0 Å². The van der Waals surface area contributed by atoms with Gasteiger partial charge < -0.3 is 9.47 Å². The van der Waals surface area contributed by atoms with Gasteiger partial charge in [0.05, 0.1) is 38.7 Å². The van der Waals surface area contributed by atoms with Gasteiger partial charge in [0.2, 0.25) is 0 Å². The first-order chi connectivity index (χ1) is 26.3. The molecule has 6 aromatic rings. The smallest absolute Gasteiger partial charge is 0.266 e. The molecule has 55 heavy (non-hydrogen) atoms. The van der Waals surface area contributed by atoms with Gasteiger partial charge in [0, 0.05) is 10.4 Å². The van der Waals surface area contributed by atoms with Crippen molar-refractivity contribution >= 4 is 58.2 Å². The Morgan fingerprint density at radius 2 is 0.909 bits per heavy atom. The highest BCUT2D eigenvalue weighted by Crippen LogP contribution is 2.39. The normalized spacial score (nSPS) is 13.7. The minimum atomic E-state index is -0.498. The molecule has 0 aromatic heterocycles. The minimum absolute atomic E-state index is 0.195. The van der Waals surface area contributed by atoms with Gasteiger partial charge in [-0.3, -0.25) is 19.2 Å². The maximum absolute atomic E-state index is 13.4. The number of aryl methyl sites for hydroxylation is 2. The number of amides is 4. The number of carbonyl (C=O) groups excluding carboxylic acids is 4. The summed E-state index contributed by atoms with van der Waals surface area (Å²) in [5.74, 6) is 0.302. The number of fused-ring (bicyclic) bond motifs is 2. The molecule has 0 N–H and O–H groups in total. The zero-order valence-electron chi connectivity index (χ0n) is 30.1. The first kappa shape index (κ1) is 35.8. The van der Waals surface area contributed by atoms with Gasteiger partial charge in [-0.15, -0.1) is 0 Å². The lowest BCUT2D eigenvalue weighted by atomic mass is 9.78. The summed E-state index contributed by atoms with van der Waals surface area (Å²) in [4.78, 5) is 55.3. The molecule has 4 amide bonds. The van der Waals surface area contributed by atoms with Gasteiger partial charge in [0.1, 0.15) is 23.0 Å². The number of rotatable bonds is 8. The Bertz CT molecular complexity index is 2420. The molecule has 2 aliphatic heterocycles. The van der Waals surface area contributed by atoms with Crippen molar-refractivity contribution in [1.29, 1.82) is 0 Å². The second kappa shape index (κ2) is 13.6. The Balaban J connectivity index is 0.940. The minimum Gasteiger partial charge on any atom is -0.457 e. The van der Waals surface area contributed by atoms with Crippen LogP contribution in [0.25, 0.3) is 0 Å². The number of hydrogen-bond acceptors (Lipinski definition) is 6. The highest BCUT2D eigenvalue weighted by molar-refractivity contribution is 6.41. The summed E-state index contributed by atoms with van der Waals surface area (Å²) in [6.45, 7) is 8.08. The molecule has 0 fully saturated rings. The van der Waals surface area contributed by atoms with Gasteiger partial charge in [0.25, 0.3) is 23.6 Å². The molecule has 2 aliphatic rings. The number of imide groups is 2. The molecule has 272 valence electrons. The first-order valence-corrected chi connectivity index (χ1v) is 18.2. The molecule has 0 radical (unpaired) electrons. The second-order valence-corrected chi connectivity index (χ2v) is 14.9. The summed E-state index contributed by atoms with van der Waals surface area (Å²) in [5.41, 5.74) is 5.55. The van der Waals surface area contributed by atoms with Crippen LogP contribution in [-0.4, -0.2) is 23.6 Å². The Morgan fingerprint density at radius 1 is 0.473 bits per heavy atom. The van der Waals surface area contributed by atoms with Crippen molar-refractivity contribution in [3.05, 3.63) is 176 Å². The van der Waals surface area contributed by atoms with Gasteiger partial charge >= 0.3 is 0 Å². The van der Waals surface area contributed by atoms with E-state index in [2.05, 4.69) is 13.8 Å². The van der Waals surface area contributed by atoms with E-state index in [1.807, 2.05) is 74.5 Å². The summed E-state index contributed by atoms with van der Waals surface area (Å²) >= 11 is 12.3. The maximum Gasteiger partial charge on any atom is 0.266 e. The van der Waals surface area contributed by atoms with Crippen LogP contribution in [0.1, 0.15) is 77.5 Å². The fourth-order valence-corrected chi connectivity index (χ4v) is 7.53. The fraction of sp³-hybridized carbons (Fsp3) is 0.111. The molecule has 2 heterocycles. The van der Waals surface area contributed by atoms with Crippen molar-refractivity contribution in [3.8, 4) is 23.0 Å². The molecular formula is C45H32Cl2N2O6. The molecular weight excluding hydrogens is 735 g/mol. The van der Waals surface area contributed by atoms with Crippen LogP contribution < -0.4 is 19.3 Å². The van der Waals surface area contributed by atoms with E-state index in [1.165, 1.54) is 11.0 Å². The van der Waals surface area contributed by atoms with Crippen molar-refractivity contribution in [2.24, 2.45) is 0 Å². The summed E-state index contributed by atoms with van der Waals surface area (Å²) in [6.07, 6.45) is 0. The standard InChI is InChI=1S/C45H32Cl2N2O6/c1-25-5-19-39(26(2)21-25)48-41(50)34-17-15-32(23-36(34)43(48)52)54-30-11-6-27(7-12-30)45(3,4)28-8-13-31(14-9-28)55-33-16-18-35-37(24-33)44(53)49(42(35)51)40-20-10-29(46)22-38(40)47/h5-24H,1-4H3. The van der Waals surface area contributed by atoms with Crippen LogP contribution in [-0.2, 0) is 5.41 Å². The zero-order valence-corrected chi connectivity index (χ0v) is 31.7.